The van der Waals surface area contributed by atoms with Crippen LogP contribution in [0.5, 0.6) is 0 Å². The Hall–Kier alpha value is -0.590. The quantitative estimate of drug-likeness (QED) is 0.901. The average molecular weight is 311 g/mol. The Morgan fingerprint density at radius 3 is 2.81 bits per heavy atom. The Labute approximate surface area is 132 Å². The molecule has 1 fully saturated rings. The van der Waals surface area contributed by atoms with Crippen LogP contribution in [0.15, 0.2) is 6.20 Å². The van der Waals surface area contributed by atoms with Crippen molar-refractivity contribution in [2.45, 2.75) is 64.5 Å². The van der Waals surface area contributed by atoms with Crippen LogP contribution in [0.3, 0.4) is 0 Å². The first-order valence-corrected chi connectivity index (χ1v) is 8.90. The van der Waals surface area contributed by atoms with E-state index in [-0.39, 0.29) is 5.54 Å². The molecule has 5 nitrogen and oxygen atoms in total. The van der Waals surface area contributed by atoms with Crippen molar-refractivity contribution in [1.82, 2.24) is 25.2 Å². The molecule has 0 aromatic carbocycles. The summed E-state index contributed by atoms with van der Waals surface area (Å²) in [6, 6.07) is 0.647. The highest BCUT2D eigenvalue weighted by Gasteiger charge is 2.24. The molecule has 1 aliphatic rings. The zero-order chi connectivity index (χ0) is 15.5. The molecular weight excluding hydrogens is 282 g/mol. The normalized spacial score (nSPS) is 24.4. The van der Waals surface area contributed by atoms with Gasteiger partial charge in [0, 0.05) is 48.4 Å². The third-order valence-electron chi connectivity index (χ3n) is 4.02. The molecule has 2 atom stereocenters. The number of hydrogen-bond acceptors (Lipinski definition) is 5. The molecule has 1 aliphatic heterocycles. The first-order valence-electron chi connectivity index (χ1n) is 7.85. The fraction of sp³-hybridized carbons (Fsp3) is 0.867. The van der Waals surface area contributed by atoms with Gasteiger partial charge in [0.1, 0.15) is 0 Å². The second-order valence-corrected chi connectivity index (χ2v) is 8.41. The lowest BCUT2D eigenvalue weighted by molar-refractivity contribution is 0.202. The van der Waals surface area contributed by atoms with E-state index in [1.807, 2.05) is 4.68 Å². The zero-order valence-electron chi connectivity index (χ0n) is 14.0. The zero-order valence-corrected chi connectivity index (χ0v) is 14.8. The summed E-state index contributed by atoms with van der Waals surface area (Å²) in [7, 11) is 0. The molecule has 120 valence electrons. The molecule has 1 N–H and O–H groups in total. The fourth-order valence-electron chi connectivity index (χ4n) is 2.43. The number of nitrogens with zero attached hydrogens (tertiary/aromatic N) is 4. The van der Waals surface area contributed by atoms with Gasteiger partial charge in [-0.1, -0.05) is 12.1 Å². The van der Waals surface area contributed by atoms with Crippen LogP contribution in [0.4, 0.5) is 0 Å². The van der Waals surface area contributed by atoms with Crippen molar-refractivity contribution in [3.05, 3.63) is 11.9 Å². The average Bonchev–Trinajstić information content (AvgIpc) is 2.85. The molecule has 0 bridgehead atoms. The van der Waals surface area contributed by atoms with Gasteiger partial charge in [-0.05, 0) is 27.7 Å². The van der Waals surface area contributed by atoms with Crippen LogP contribution in [0, 0.1) is 0 Å². The van der Waals surface area contributed by atoms with E-state index in [0.29, 0.717) is 6.04 Å². The fourth-order valence-corrected chi connectivity index (χ4v) is 3.59. The van der Waals surface area contributed by atoms with Crippen molar-refractivity contribution in [3.8, 4) is 0 Å². The number of aromatic nitrogens is 3. The summed E-state index contributed by atoms with van der Waals surface area (Å²) in [5.41, 5.74) is 1.13. The molecule has 1 aromatic rings. The number of hydrogen-bond donors (Lipinski definition) is 1. The van der Waals surface area contributed by atoms with E-state index in [1.54, 1.807) is 0 Å². The minimum Gasteiger partial charge on any atom is -0.306 e. The smallest absolute Gasteiger partial charge is 0.0965 e. The van der Waals surface area contributed by atoms with Gasteiger partial charge in [0.05, 0.1) is 12.2 Å². The van der Waals surface area contributed by atoms with Crippen LogP contribution in [-0.2, 0) is 13.1 Å². The van der Waals surface area contributed by atoms with Crippen LogP contribution in [-0.4, -0.2) is 55.6 Å². The summed E-state index contributed by atoms with van der Waals surface area (Å²) in [5.74, 6) is 1.24. The molecule has 1 saturated heterocycles. The lowest BCUT2D eigenvalue weighted by atomic mass is 10.1. The van der Waals surface area contributed by atoms with Gasteiger partial charge in [0.2, 0.25) is 0 Å². The number of nitrogens with one attached hydrogen (secondary N) is 1. The summed E-state index contributed by atoms with van der Waals surface area (Å²) in [6.45, 7) is 15.1. The van der Waals surface area contributed by atoms with Crippen molar-refractivity contribution in [1.29, 1.82) is 0 Å². The Kier molecular flexibility index (Phi) is 5.68. The van der Waals surface area contributed by atoms with Crippen LogP contribution in [0.2, 0.25) is 0 Å². The molecule has 1 aromatic heterocycles. The lowest BCUT2D eigenvalue weighted by Gasteiger charge is -2.37. The standard InChI is InChI=1S/C15H29N5S/c1-12-13(2)21-9-8-19(12)6-7-20-11-14(17-18-20)10-16-15(3,4)5/h11-13,16H,6-10H2,1-5H3. The van der Waals surface area contributed by atoms with Gasteiger partial charge in [-0.15, -0.1) is 5.10 Å². The largest absolute Gasteiger partial charge is 0.306 e. The Balaban J connectivity index is 1.80. The molecule has 0 saturated carbocycles. The molecule has 0 radical (unpaired) electrons. The minimum absolute atomic E-state index is 0.112. The van der Waals surface area contributed by atoms with Gasteiger partial charge in [-0.3, -0.25) is 9.58 Å². The lowest BCUT2D eigenvalue weighted by Crippen LogP contribution is -2.45. The van der Waals surface area contributed by atoms with Gasteiger partial charge in [-0.25, -0.2) is 0 Å². The minimum atomic E-state index is 0.112. The monoisotopic (exact) mass is 311 g/mol. The molecule has 2 unspecified atom stereocenters. The third-order valence-corrected chi connectivity index (χ3v) is 5.35. The third kappa shape index (κ3) is 5.27. The molecule has 0 spiro atoms. The molecule has 2 heterocycles. The van der Waals surface area contributed by atoms with Crippen molar-refractivity contribution < 1.29 is 0 Å². The van der Waals surface area contributed by atoms with Crippen molar-refractivity contribution in [2.24, 2.45) is 0 Å². The highest BCUT2D eigenvalue weighted by Crippen LogP contribution is 2.23. The molecule has 21 heavy (non-hydrogen) atoms. The van der Waals surface area contributed by atoms with Crippen LogP contribution < -0.4 is 5.32 Å². The Bertz CT molecular complexity index is 440. The van der Waals surface area contributed by atoms with Crippen molar-refractivity contribution >= 4 is 11.8 Å². The van der Waals surface area contributed by atoms with Crippen molar-refractivity contribution in [3.63, 3.8) is 0 Å². The Morgan fingerprint density at radius 1 is 1.33 bits per heavy atom. The topological polar surface area (TPSA) is 46.0 Å². The number of rotatable bonds is 5. The molecule has 2 rings (SSSR count). The van der Waals surface area contributed by atoms with E-state index < -0.39 is 0 Å². The predicted octanol–water partition coefficient (Wildman–Crippen LogP) is 1.99. The van der Waals surface area contributed by atoms with Gasteiger partial charge in [-0.2, -0.15) is 11.8 Å². The summed E-state index contributed by atoms with van der Waals surface area (Å²) in [4.78, 5) is 2.57. The summed E-state index contributed by atoms with van der Waals surface area (Å²) >= 11 is 2.08. The second-order valence-electron chi connectivity index (χ2n) is 6.93. The maximum Gasteiger partial charge on any atom is 0.0965 e. The highest BCUT2D eigenvalue weighted by atomic mass is 32.2. The number of thioether (sulfide) groups is 1. The van der Waals surface area contributed by atoms with E-state index in [9.17, 15) is 0 Å². The molecule has 0 aliphatic carbocycles. The van der Waals surface area contributed by atoms with Crippen molar-refractivity contribution in [2.75, 3.05) is 18.8 Å². The van der Waals surface area contributed by atoms with Gasteiger partial charge in [0.15, 0.2) is 0 Å². The SMILES string of the molecule is CC1SCCN(CCn2cc(CNC(C)(C)C)nn2)C1C. The molecule has 6 heteroatoms. The van der Waals surface area contributed by atoms with E-state index in [0.717, 1.165) is 30.6 Å². The summed E-state index contributed by atoms with van der Waals surface area (Å²) in [5, 5.41) is 12.6. The van der Waals surface area contributed by atoms with E-state index in [2.05, 4.69) is 73.1 Å². The van der Waals surface area contributed by atoms with Gasteiger partial charge >= 0.3 is 0 Å². The predicted molar refractivity (Wildman–Crippen MR) is 89.6 cm³/mol. The second kappa shape index (κ2) is 7.11. The Morgan fingerprint density at radius 2 is 2.10 bits per heavy atom. The molecular formula is C15H29N5S. The van der Waals surface area contributed by atoms with Crippen LogP contribution in [0.1, 0.15) is 40.3 Å². The van der Waals surface area contributed by atoms with Crippen LogP contribution >= 0.6 is 11.8 Å². The van der Waals surface area contributed by atoms with E-state index in [4.69, 9.17) is 0 Å². The first kappa shape index (κ1) is 16.8. The maximum atomic E-state index is 4.24. The van der Waals surface area contributed by atoms with E-state index in [1.165, 1.54) is 12.3 Å². The first-order chi connectivity index (χ1) is 9.85. The van der Waals surface area contributed by atoms with E-state index >= 15 is 0 Å². The summed E-state index contributed by atoms with van der Waals surface area (Å²) in [6.07, 6.45) is 2.06. The van der Waals surface area contributed by atoms with Crippen LogP contribution in [0.25, 0.3) is 0 Å². The molecule has 0 amide bonds. The summed E-state index contributed by atoms with van der Waals surface area (Å²) < 4.78 is 1.97. The maximum absolute atomic E-state index is 4.24. The highest BCUT2D eigenvalue weighted by molar-refractivity contribution is 8.00. The van der Waals surface area contributed by atoms with Gasteiger partial charge in [0.25, 0.3) is 0 Å². The van der Waals surface area contributed by atoms with Gasteiger partial charge < -0.3 is 5.32 Å².